The molecule has 0 spiro atoms. The number of aliphatic hydroxyl groups excluding tert-OH is 1. The summed E-state index contributed by atoms with van der Waals surface area (Å²) in [5, 5.41) is 9.59. The van der Waals surface area contributed by atoms with E-state index in [-0.39, 0.29) is 11.9 Å². The Morgan fingerprint density at radius 2 is 2.19 bits per heavy atom. The van der Waals surface area contributed by atoms with Crippen molar-refractivity contribution in [2.45, 2.75) is 77.4 Å². The second-order valence-electron chi connectivity index (χ2n) is 5.63. The van der Waals surface area contributed by atoms with Gasteiger partial charge in [0.15, 0.2) is 0 Å². The van der Waals surface area contributed by atoms with E-state index in [0.717, 1.165) is 25.7 Å². The van der Waals surface area contributed by atoms with Gasteiger partial charge in [0.25, 0.3) is 0 Å². The van der Waals surface area contributed by atoms with Crippen molar-refractivity contribution in [2.24, 2.45) is 0 Å². The fraction of sp³-hybridized carbons (Fsp3) is 0.722. The van der Waals surface area contributed by atoms with Gasteiger partial charge in [0.1, 0.15) is 6.10 Å². The standard InChI is InChI=1S/C18H29NO2/c1-3-5-6-7-10-15-19-16(13-14-17(20)4-2)11-8-9-12-18(19)21/h7,10,16-17,20H,3-6,8-9,11-12,15H2,1-2H3/b10-7-/t16-,17?/m1/s1. The van der Waals surface area contributed by atoms with E-state index < -0.39 is 6.10 Å². The summed E-state index contributed by atoms with van der Waals surface area (Å²) in [7, 11) is 0. The minimum absolute atomic E-state index is 0.0444. The molecule has 118 valence electrons. The largest absolute Gasteiger partial charge is 0.380 e. The number of rotatable bonds is 6. The van der Waals surface area contributed by atoms with Gasteiger partial charge < -0.3 is 10.0 Å². The van der Waals surface area contributed by atoms with Crippen molar-refractivity contribution in [1.29, 1.82) is 0 Å². The summed E-state index contributed by atoms with van der Waals surface area (Å²) in [4.78, 5) is 14.1. The smallest absolute Gasteiger partial charge is 0.223 e. The Hall–Kier alpha value is -1.27. The number of aliphatic hydroxyl groups is 1. The maximum absolute atomic E-state index is 12.2. The van der Waals surface area contributed by atoms with Gasteiger partial charge in [-0.1, -0.05) is 50.7 Å². The van der Waals surface area contributed by atoms with Crippen molar-refractivity contribution in [2.75, 3.05) is 6.54 Å². The zero-order valence-corrected chi connectivity index (χ0v) is 13.5. The van der Waals surface area contributed by atoms with Crippen molar-refractivity contribution in [3.8, 4) is 11.8 Å². The quantitative estimate of drug-likeness (QED) is 0.463. The molecule has 1 rings (SSSR count). The van der Waals surface area contributed by atoms with Gasteiger partial charge in [0.2, 0.25) is 5.91 Å². The van der Waals surface area contributed by atoms with E-state index >= 15 is 0 Å². The highest BCUT2D eigenvalue weighted by atomic mass is 16.3. The summed E-state index contributed by atoms with van der Waals surface area (Å²) < 4.78 is 0. The molecule has 1 saturated heterocycles. The van der Waals surface area contributed by atoms with Gasteiger partial charge >= 0.3 is 0 Å². The number of carbonyl (C=O) groups excluding carboxylic acids is 1. The zero-order chi connectivity index (χ0) is 15.5. The molecule has 1 heterocycles. The monoisotopic (exact) mass is 291 g/mol. The molecule has 1 N–H and O–H groups in total. The molecule has 1 aliphatic heterocycles. The molecule has 1 aliphatic rings. The molecule has 0 aromatic heterocycles. The van der Waals surface area contributed by atoms with Crippen LogP contribution in [-0.2, 0) is 4.79 Å². The normalized spacial score (nSPS) is 21.0. The predicted octanol–water partition coefficient (Wildman–Crippen LogP) is 3.28. The van der Waals surface area contributed by atoms with Crippen LogP contribution in [0.2, 0.25) is 0 Å². The summed E-state index contributed by atoms with van der Waals surface area (Å²) in [6.07, 6.45) is 11.3. The number of hydrogen-bond acceptors (Lipinski definition) is 2. The van der Waals surface area contributed by atoms with Gasteiger partial charge in [0, 0.05) is 13.0 Å². The molecular weight excluding hydrogens is 262 g/mol. The first-order valence-electron chi connectivity index (χ1n) is 8.32. The van der Waals surface area contributed by atoms with Gasteiger partial charge in [-0.15, -0.1) is 0 Å². The molecule has 0 aromatic rings. The van der Waals surface area contributed by atoms with E-state index in [9.17, 15) is 9.90 Å². The van der Waals surface area contributed by atoms with Crippen LogP contribution in [0.15, 0.2) is 12.2 Å². The molecular formula is C18H29NO2. The average molecular weight is 291 g/mol. The van der Waals surface area contributed by atoms with Gasteiger partial charge in [-0.25, -0.2) is 0 Å². The molecule has 21 heavy (non-hydrogen) atoms. The molecule has 1 amide bonds. The van der Waals surface area contributed by atoms with E-state index in [2.05, 4.69) is 30.9 Å². The average Bonchev–Trinajstić information content (AvgIpc) is 2.66. The fourth-order valence-corrected chi connectivity index (χ4v) is 2.39. The number of hydrogen-bond donors (Lipinski definition) is 1. The molecule has 2 atom stereocenters. The topological polar surface area (TPSA) is 40.5 Å². The Balaban J connectivity index is 2.67. The van der Waals surface area contributed by atoms with Crippen molar-refractivity contribution in [3.05, 3.63) is 12.2 Å². The summed E-state index contributed by atoms with van der Waals surface area (Å²) in [6.45, 7) is 4.73. The van der Waals surface area contributed by atoms with Gasteiger partial charge in [0.05, 0.1) is 6.04 Å². The molecule has 3 nitrogen and oxygen atoms in total. The number of nitrogens with zero attached hydrogens (tertiary/aromatic N) is 1. The second kappa shape index (κ2) is 10.5. The summed E-state index contributed by atoms with van der Waals surface area (Å²) in [5.41, 5.74) is 0. The Morgan fingerprint density at radius 3 is 2.90 bits per heavy atom. The third kappa shape index (κ3) is 6.82. The molecule has 0 aromatic carbocycles. The first-order chi connectivity index (χ1) is 10.2. The molecule has 0 radical (unpaired) electrons. The Kier molecular flexibility index (Phi) is 8.85. The van der Waals surface area contributed by atoms with Gasteiger partial charge in [-0.3, -0.25) is 4.79 Å². The van der Waals surface area contributed by atoms with E-state index in [1.807, 2.05) is 11.8 Å². The molecule has 0 bridgehead atoms. The van der Waals surface area contributed by atoms with E-state index in [0.29, 0.717) is 19.4 Å². The SMILES string of the molecule is CCCC/C=C\CN1C(=O)CCCC[C@@H]1C#CC(O)CC. The molecule has 1 unspecified atom stereocenters. The van der Waals surface area contributed by atoms with Crippen LogP contribution in [0.1, 0.15) is 65.2 Å². The highest BCUT2D eigenvalue weighted by Crippen LogP contribution is 2.17. The molecule has 0 saturated carbocycles. The van der Waals surface area contributed by atoms with Crippen LogP contribution < -0.4 is 0 Å². The van der Waals surface area contributed by atoms with E-state index in [1.54, 1.807) is 0 Å². The van der Waals surface area contributed by atoms with E-state index in [4.69, 9.17) is 0 Å². The summed E-state index contributed by atoms with van der Waals surface area (Å²) >= 11 is 0. The van der Waals surface area contributed by atoms with Crippen molar-refractivity contribution < 1.29 is 9.90 Å². The maximum atomic E-state index is 12.2. The fourth-order valence-electron chi connectivity index (χ4n) is 2.39. The zero-order valence-electron chi connectivity index (χ0n) is 13.5. The minimum Gasteiger partial charge on any atom is -0.380 e. The minimum atomic E-state index is -0.578. The Labute approximate surface area is 129 Å². The lowest BCUT2D eigenvalue weighted by Gasteiger charge is -2.25. The third-order valence-electron chi connectivity index (χ3n) is 3.81. The lowest BCUT2D eigenvalue weighted by atomic mass is 10.1. The van der Waals surface area contributed by atoms with Gasteiger partial charge in [-0.2, -0.15) is 0 Å². The lowest BCUT2D eigenvalue weighted by Crippen LogP contribution is -2.38. The first-order valence-corrected chi connectivity index (χ1v) is 8.32. The second-order valence-corrected chi connectivity index (χ2v) is 5.63. The highest BCUT2D eigenvalue weighted by molar-refractivity contribution is 5.77. The number of allylic oxidation sites excluding steroid dienone is 1. The van der Waals surface area contributed by atoms with E-state index in [1.165, 1.54) is 12.8 Å². The number of likely N-dealkylation sites (tertiary alicyclic amines) is 1. The summed E-state index contributed by atoms with van der Waals surface area (Å²) in [6, 6.07) is -0.0444. The van der Waals surface area contributed by atoms with Crippen LogP contribution in [0.4, 0.5) is 0 Å². The first kappa shape index (κ1) is 17.8. The highest BCUT2D eigenvalue weighted by Gasteiger charge is 2.23. The number of carbonyl (C=O) groups is 1. The molecule has 1 fully saturated rings. The molecule has 0 aliphatic carbocycles. The Bertz CT molecular complexity index is 392. The van der Waals surface area contributed by atoms with Crippen LogP contribution in [0, 0.1) is 11.8 Å². The number of amides is 1. The Morgan fingerprint density at radius 1 is 1.38 bits per heavy atom. The van der Waals surface area contributed by atoms with Crippen LogP contribution in [0.5, 0.6) is 0 Å². The summed E-state index contributed by atoms with van der Waals surface area (Å²) in [5.74, 6) is 6.19. The third-order valence-corrected chi connectivity index (χ3v) is 3.81. The predicted molar refractivity (Wildman–Crippen MR) is 86.7 cm³/mol. The van der Waals surface area contributed by atoms with Gasteiger partial charge in [-0.05, 0) is 32.1 Å². The van der Waals surface area contributed by atoms with Crippen molar-refractivity contribution in [3.63, 3.8) is 0 Å². The van der Waals surface area contributed by atoms with Crippen LogP contribution in [-0.4, -0.2) is 34.6 Å². The maximum Gasteiger partial charge on any atom is 0.223 e. The number of unbranched alkanes of at least 4 members (excludes halogenated alkanes) is 2. The van der Waals surface area contributed by atoms with Crippen LogP contribution in [0.3, 0.4) is 0 Å². The van der Waals surface area contributed by atoms with Crippen molar-refractivity contribution in [1.82, 2.24) is 4.90 Å². The molecule has 3 heteroatoms. The van der Waals surface area contributed by atoms with Crippen LogP contribution >= 0.6 is 0 Å². The lowest BCUT2D eigenvalue weighted by molar-refractivity contribution is -0.131. The van der Waals surface area contributed by atoms with Crippen molar-refractivity contribution >= 4 is 5.91 Å². The van der Waals surface area contributed by atoms with Crippen LogP contribution in [0.25, 0.3) is 0 Å².